The molecular weight excluding hydrogens is 551 g/mol. The number of carboxylic acids is 1. The third-order valence-electron chi connectivity index (χ3n) is 9.64. The van der Waals surface area contributed by atoms with Crippen LogP contribution in [0.5, 0.6) is 0 Å². The Morgan fingerprint density at radius 1 is 1.18 bits per heavy atom. The number of hydrogen-bond acceptors (Lipinski definition) is 6. The van der Waals surface area contributed by atoms with Gasteiger partial charge in [-0.25, -0.2) is 9.97 Å². The molecule has 3 fully saturated rings. The van der Waals surface area contributed by atoms with Gasteiger partial charge in [0.2, 0.25) is 0 Å². The van der Waals surface area contributed by atoms with Crippen LogP contribution in [0.2, 0.25) is 5.02 Å². The second-order valence-electron chi connectivity index (χ2n) is 12.3. The molecule has 5 rings (SSSR count). The van der Waals surface area contributed by atoms with Gasteiger partial charge in [0.05, 0.1) is 40.5 Å². The summed E-state index contributed by atoms with van der Waals surface area (Å²) in [5.74, 6) is -1.14. The van der Waals surface area contributed by atoms with Gasteiger partial charge in [0.15, 0.2) is 5.69 Å². The Bertz CT molecular complexity index is 1290. The summed E-state index contributed by atoms with van der Waals surface area (Å²) in [6, 6.07) is -1.05. The predicted molar refractivity (Wildman–Crippen MR) is 137 cm³/mol. The lowest BCUT2D eigenvalue weighted by Gasteiger charge is -2.35. The molecule has 218 valence electrons. The van der Waals surface area contributed by atoms with E-state index in [0.717, 1.165) is 10.9 Å². The van der Waals surface area contributed by atoms with Gasteiger partial charge in [0.25, 0.3) is 5.91 Å². The molecule has 9 nitrogen and oxygen atoms in total. The molecule has 1 amide bonds. The molecular formula is C27H33ClF3N5O4. The number of aliphatic hydroxyl groups is 1. The highest BCUT2D eigenvalue weighted by Gasteiger charge is 2.63. The summed E-state index contributed by atoms with van der Waals surface area (Å²) < 4.78 is 44.4. The van der Waals surface area contributed by atoms with Crippen molar-refractivity contribution in [2.24, 2.45) is 22.7 Å². The van der Waals surface area contributed by atoms with Crippen molar-refractivity contribution in [2.75, 3.05) is 6.54 Å². The molecule has 0 aliphatic heterocycles. The van der Waals surface area contributed by atoms with Gasteiger partial charge in [-0.1, -0.05) is 25.4 Å². The minimum atomic E-state index is -4.88. The number of carbonyl (C=O) groups excluding carboxylic acids is 1. The first-order valence-electron chi connectivity index (χ1n) is 13.5. The largest absolute Gasteiger partial charge is 0.481 e. The van der Waals surface area contributed by atoms with E-state index in [1.807, 2.05) is 0 Å². The van der Waals surface area contributed by atoms with Gasteiger partial charge >= 0.3 is 12.1 Å². The Labute approximate surface area is 234 Å². The van der Waals surface area contributed by atoms with Crippen LogP contribution in [0.15, 0.2) is 18.7 Å². The maximum Gasteiger partial charge on any atom is 0.433 e. The summed E-state index contributed by atoms with van der Waals surface area (Å²) in [5.41, 5.74) is -2.53. The molecule has 0 bridgehead atoms. The van der Waals surface area contributed by atoms with E-state index in [1.54, 1.807) is 6.92 Å². The van der Waals surface area contributed by atoms with Crippen molar-refractivity contribution < 1.29 is 33.0 Å². The van der Waals surface area contributed by atoms with E-state index in [-0.39, 0.29) is 54.4 Å². The van der Waals surface area contributed by atoms with Crippen LogP contribution in [-0.4, -0.2) is 59.3 Å². The number of nitrogens with zero attached hydrogens (tertiary/aromatic N) is 5. The number of halogens is 4. The van der Waals surface area contributed by atoms with Gasteiger partial charge in [-0.2, -0.15) is 18.3 Å². The van der Waals surface area contributed by atoms with E-state index in [0.29, 0.717) is 24.7 Å². The Balaban J connectivity index is 1.46. The fraction of sp³-hybridized carbons (Fsp3) is 0.667. The van der Waals surface area contributed by atoms with Crippen LogP contribution in [0.3, 0.4) is 0 Å². The van der Waals surface area contributed by atoms with Crippen molar-refractivity contribution in [1.29, 1.82) is 0 Å². The number of rotatable bonds is 7. The zero-order chi connectivity index (χ0) is 29.2. The zero-order valence-electron chi connectivity index (χ0n) is 22.5. The maximum absolute atomic E-state index is 14.5. The van der Waals surface area contributed by atoms with Gasteiger partial charge in [-0.15, -0.1) is 0 Å². The van der Waals surface area contributed by atoms with Crippen molar-refractivity contribution in [3.05, 3.63) is 40.7 Å². The molecule has 0 aromatic carbocycles. The second-order valence-corrected chi connectivity index (χ2v) is 12.7. The third kappa shape index (κ3) is 4.97. The van der Waals surface area contributed by atoms with Gasteiger partial charge in [0.1, 0.15) is 12.4 Å². The molecule has 4 atom stereocenters. The first kappa shape index (κ1) is 28.8. The number of aliphatic carboxylic acids is 1. The first-order valence-corrected chi connectivity index (χ1v) is 13.9. The summed E-state index contributed by atoms with van der Waals surface area (Å²) in [4.78, 5) is 34.7. The van der Waals surface area contributed by atoms with Crippen LogP contribution in [0.25, 0.3) is 0 Å². The van der Waals surface area contributed by atoms with E-state index < -0.39 is 46.9 Å². The Morgan fingerprint density at radius 3 is 2.35 bits per heavy atom. The fourth-order valence-electron chi connectivity index (χ4n) is 6.90. The maximum atomic E-state index is 14.5. The van der Waals surface area contributed by atoms with Crippen molar-refractivity contribution >= 4 is 23.5 Å². The Hall–Kier alpha value is -2.73. The molecule has 2 heterocycles. The normalized spacial score (nSPS) is 30.0. The van der Waals surface area contributed by atoms with Crippen molar-refractivity contribution in [3.63, 3.8) is 0 Å². The lowest BCUT2D eigenvalue weighted by Crippen LogP contribution is -2.43. The first-order chi connectivity index (χ1) is 18.6. The molecule has 0 spiro atoms. The van der Waals surface area contributed by atoms with E-state index in [9.17, 15) is 33.0 Å². The number of alkyl halides is 3. The number of aliphatic hydroxyl groups excluding tert-OH is 1. The molecule has 2 aromatic rings. The van der Waals surface area contributed by atoms with Crippen LogP contribution < -0.4 is 0 Å². The Kier molecular flexibility index (Phi) is 7.18. The van der Waals surface area contributed by atoms with Crippen molar-refractivity contribution in [1.82, 2.24) is 24.6 Å². The highest BCUT2D eigenvalue weighted by Crippen LogP contribution is 2.67. The number of fused-ring (bicyclic) bond motifs is 1. The molecule has 2 aromatic heterocycles. The highest BCUT2D eigenvalue weighted by atomic mass is 35.5. The molecule has 0 radical (unpaired) electrons. The van der Waals surface area contributed by atoms with Crippen LogP contribution in [0, 0.1) is 22.7 Å². The molecule has 0 saturated heterocycles. The van der Waals surface area contributed by atoms with Crippen molar-refractivity contribution in [3.8, 4) is 0 Å². The topological polar surface area (TPSA) is 121 Å². The van der Waals surface area contributed by atoms with Crippen LogP contribution in [-0.2, 0) is 11.0 Å². The fourth-order valence-corrected chi connectivity index (χ4v) is 7.13. The standard InChI is InChI=1S/C27H33ClF3N5O4/c1-25(2)17-8-15(9-18(17)25)35(12-20(37)21-19(28)11-32-13-33-21)23(38)16-10-34-36(22(16)27(29,30)31)14-4-6-26(3,7-5-14)24(39)40/h10-11,13-15,17-18,20,37H,4-9,12H2,1-3H3,(H,39,40)/t14?,15-,17+,18-,20?,26?. The van der Waals surface area contributed by atoms with Gasteiger partial charge in [0, 0.05) is 12.2 Å². The van der Waals surface area contributed by atoms with Crippen LogP contribution in [0.1, 0.15) is 93.2 Å². The van der Waals surface area contributed by atoms with Crippen LogP contribution in [0.4, 0.5) is 13.2 Å². The summed E-state index contributed by atoms with van der Waals surface area (Å²) in [7, 11) is 0. The lowest BCUT2D eigenvalue weighted by molar-refractivity contribution is -0.152. The molecule has 3 saturated carbocycles. The third-order valence-corrected chi connectivity index (χ3v) is 9.93. The van der Waals surface area contributed by atoms with Crippen molar-refractivity contribution in [2.45, 2.75) is 83.7 Å². The number of carboxylic acid groups (broad SMARTS) is 1. The predicted octanol–water partition coefficient (Wildman–Crippen LogP) is 5.16. The van der Waals surface area contributed by atoms with Gasteiger partial charge in [-0.3, -0.25) is 14.3 Å². The summed E-state index contributed by atoms with van der Waals surface area (Å²) in [6.07, 6.45) is -0.722. The van der Waals surface area contributed by atoms with Gasteiger partial charge in [-0.05, 0) is 62.7 Å². The molecule has 13 heteroatoms. The highest BCUT2D eigenvalue weighted by molar-refractivity contribution is 6.31. The number of aromatic nitrogens is 4. The SMILES string of the molecule is CC1(C(=O)O)CCC(n2ncc(C(=O)N(CC(O)c3ncncc3Cl)[C@H]3C[C@@H]4[C@H](C3)C4(C)C)c2C(F)(F)F)CC1. The van der Waals surface area contributed by atoms with E-state index in [2.05, 4.69) is 28.9 Å². The molecule has 3 aliphatic rings. The average Bonchev–Trinajstić information content (AvgIpc) is 3.31. The number of hydrogen-bond donors (Lipinski definition) is 2. The summed E-state index contributed by atoms with van der Waals surface area (Å²) >= 11 is 6.15. The smallest absolute Gasteiger partial charge is 0.433 e. The Morgan fingerprint density at radius 2 is 1.80 bits per heavy atom. The quantitative estimate of drug-likeness (QED) is 0.462. The molecule has 1 unspecified atom stereocenters. The second kappa shape index (κ2) is 9.97. The molecule has 3 aliphatic carbocycles. The lowest BCUT2D eigenvalue weighted by atomic mass is 9.74. The minimum absolute atomic E-state index is 0.0901. The molecule has 40 heavy (non-hydrogen) atoms. The minimum Gasteiger partial charge on any atom is -0.481 e. The van der Waals surface area contributed by atoms with E-state index in [4.69, 9.17) is 11.6 Å². The number of carbonyl (C=O) groups is 2. The summed E-state index contributed by atoms with van der Waals surface area (Å²) in [5, 5.41) is 24.6. The van der Waals surface area contributed by atoms with Gasteiger partial charge < -0.3 is 15.1 Å². The zero-order valence-corrected chi connectivity index (χ0v) is 23.3. The monoisotopic (exact) mass is 583 g/mol. The average molecular weight is 584 g/mol. The summed E-state index contributed by atoms with van der Waals surface area (Å²) in [6.45, 7) is 5.59. The number of amides is 1. The van der Waals surface area contributed by atoms with Crippen LogP contribution >= 0.6 is 11.6 Å². The molecule has 2 N–H and O–H groups in total. The van der Waals surface area contributed by atoms with E-state index in [1.165, 1.54) is 17.4 Å². The van der Waals surface area contributed by atoms with E-state index >= 15 is 0 Å².